The van der Waals surface area contributed by atoms with Gasteiger partial charge in [0.15, 0.2) is 0 Å². The van der Waals surface area contributed by atoms with Crippen LogP contribution in [0.1, 0.15) is 19.4 Å². The van der Waals surface area contributed by atoms with Crippen molar-refractivity contribution in [3.63, 3.8) is 0 Å². The Morgan fingerprint density at radius 3 is 2.17 bits per heavy atom. The van der Waals surface area contributed by atoms with Gasteiger partial charge in [-0.3, -0.25) is 9.59 Å². The Morgan fingerprint density at radius 2 is 1.58 bits per heavy atom. The Labute approximate surface area is 139 Å². The van der Waals surface area contributed by atoms with Gasteiger partial charge in [0.2, 0.25) is 11.8 Å². The average Bonchev–Trinajstić information content (AvgIpc) is 2.57. The number of benzene rings is 2. The number of halogens is 1. The molecule has 0 radical (unpaired) electrons. The predicted octanol–water partition coefficient (Wildman–Crippen LogP) is 3.30. The minimum atomic E-state index is -1.42. The zero-order chi connectivity index (χ0) is 17.7. The largest absolute Gasteiger partial charge is 0.325 e. The second-order valence-electron chi connectivity index (χ2n) is 5.70. The first-order chi connectivity index (χ1) is 11.3. The van der Waals surface area contributed by atoms with Crippen LogP contribution in [0.3, 0.4) is 0 Å². The van der Waals surface area contributed by atoms with E-state index in [2.05, 4.69) is 10.6 Å². The number of carbonyl (C=O) groups is 2. The van der Waals surface area contributed by atoms with E-state index in [-0.39, 0.29) is 5.69 Å². The third-order valence-electron chi connectivity index (χ3n) is 3.53. The number of nitrogens with zero attached hydrogens (tertiary/aromatic N) is 1. The highest BCUT2D eigenvalue weighted by atomic mass is 19.1. The molecule has 5 nitrogen and oxygen atoms in total. The van der Waals surface area contributed by atoms with Crippen LogP contribution < -0.4 is 10.6 Å². The third-order valence-corrected chi connectivity index (χ3v) is 3.53. The van der Waals surface area contributed by atoms with Crippen molar-refractivity contribution in [2.75, 3.05) is 10.6 Å². The molecule has 24 heavy (non-hydrogen) atoms. The van der Waals surface area contributed by atoms with Gasteiger partial charge < -0.3 is 10.6 Å². The van der Waals surface area contributed by atoms with Gasteiger partial charge in [-0.05, 0) is 50.2 Å². The minimum Gasteiger partial charge on any atom is -0.325 e. The molecular formula is C18H16FN3O2. The lowest BCUT2D eigenvalue weighted by Crippen LogP contribution is -2.41. The average molecular weight is 325 g/mol. The molecule has 0 saturated carbocycles. The van der Waals surface area contributed by atoms with Gasteiger partial charge in [-0.1, -0.05) is 12.1 Å². The summed E-state index contributed by atoms with van der Waals surface area (Å²) < 4.78 is 13.6. The van der Waals surface area contributed by atoms with Crippen LogP contribution in [0, 0.1) is 22.6 Å². The number of amides is 2. The quantitative estimate of drug-likeness (QED) is 0.846. The smallest absolute Gasteiger partial charge is 0.239 e. The predicted molar refractivity (Wildman–Crippen MR) is 88.6 cm³/mol. The minimum absolute atomic E-state index is 0.0155. The third kappa shape index (κ3) is 3.76. The van der Waals surface area contributed by atoms with E-state index in [4.69, 9.17) is 5.26 Å². The number of anilines is 2. The second-order valence-corrected chi connectivity index (χ2v) is 5.70. The van der Waals surface area contributed by atoms with Crippen LogP contribution in [-0.4, -0.2) is 11.8 Å². The summed E-state index contributed by atoms with van der Waals surface area (Å²) in [5, 5.41) is 13.8. The number of rotatable bonds is 4. The number of nitrogens with one attached hydrogen (secondary N) is 2. The summed E-state index contributed by atoms with van der Waals surface area (Å²) in [4.78, 5) is 24.7. The van der Waals surface area contributed by atoms with E-state index in [9.17, 15) is 14.0 Å². The number of hydrogen-bond acceptors (Lipinski definition) is 3. The molecule has 0 atom stereocenters. The molecule has 2 rings (SSSR count). The van der Waals surface area contributed by atoms with Crippen molar-refractivity contribution in [2.45, 2.75) is 13.8 Å². The molecule has 0 aromatic heterocycles. The molecule has 6 heteroatoms. The lowest BCUT2D eigenvalue weighted by atomic mass is 9.90. The van der Waals surface area contributed by atoms with Crippen molar-refractivity contribution >= 4 is 23.2 Å². The molecule has 0 aliphatic heterocycles. The first-order valence-electron chi connectivity index (χ1n) is 7.22. The van der Waals surface area contributed by atoms with E-state index in [0.717, 1.165) is 0 Å². The molecule has 0 spiro atoms. The molecule has 0 aliphatic rings. The Morgan fingerprint density at radius 1 is 1.00 bits per heavy atom. The van der Waals surface area contributed by atoms with Gasteiger partial charge in [0, 0.05) is 5.69 Å². The van der Waals surface area contributed by atoms with Crippen LogP contribution >= 0.6 is 0 Å². The maximum atomic E-state index is 13.6. The first-order valence-corrected chi connectivity index (χ1v) is 7.22. The van der Waals surface area contributed by atoms with Crippen molar-refractivity contribution in [2.24, 2.45) is 5.41 Å². The monoisotopic (exact) mass is 325 g/mol. The summed E-state index contributed by atoms with van der Waals surface area (Å²) in [7, 11) is 0. The van der Waals surface area contributed by atoms with Crippen molar-refractivity contribution in [3.8, 4) is 6.07 Å². The van der Waals surface area contributed by atoms with Crippen molar-refractivity contribution in [1.29, 1.82) is 5.26 Å². The fourth-order valence-corrected chi connectivity index (χ4v) is 1.86. The van der Waals surface area contributed by atoms with Crippen LogP contribution in [0.15, 0.2) is 48.5 Å². The van der Waals surface area contributed by atoms with Gasteiger partial charge in [0.25, 0.3) is 0 Å². The lowest BCUT2D eigenvalue weighted by Gasteiger charge is -2.23. The summed E-state index contributed by atoms with van der Waals surface area (Å²) in [6, 6.07) is 14.0. The van der Waals surface area contributed by atoms with Gasteiger partial charge in [-0.15, -0.1) is 0 Å². The molecule has 122 valence electrons. The van der Waals surface area contributed by atoms with Gasteiger partial charge in [0.1, 0.15) is 11.2 Å². The van der Waals surface area contributed by atoms with Gasteiger partial charge in [-0.2, -0.15) is 5.26 Å². The Hall–Kier alpha value is -3.20. The molecule has 2 amide bonds. The van der Waals surface area contributed by atoms with Gasteiger partial charge in [0.05, 0.1) is 17.3 Å². The Bertz CT molecular complexity index is 808. The molecule has 2 aromatic rings. The van der Waals surface area contributed by atoms with Crippen LogP contribution in [-0.2, 0) is 9.59 Å². The zero-order valence-corrected chi connectivity index (χ0v) is 13.3. The SMILES string of the molecule is CC(C)(C(=O)Nc1ccc(C#N)cc1)C(=O)Nc1ccccc1F. The molecule has 2 N–H and O–H groups in total. The highest BCUT2D eigenvalue weighted by Gasteiger charge is 2.36. The molecule has 0 aliphatic carbocycles. The number of carbonyl (C=O) groups excluding carboxylic acids is 2. The fourth-order valence-electron chi connectivity index (χ4n) is 1.86. The molecule has 0 heterocycles. The molecular weight excluding hydrogens is 309 g/mol. The van der Waals surface area contributed by atoms with Crippen LogP contribution in [0.5, 0.6) is 0 Å². The summed E-state index contributed by atoms with van der Waals surface area (Å²) >= 11 is 0. The van der Waals surface area contributed by atoms with E-state index in [1.165, 1.54) is 32.0 Å². The maximum absolute atomic E-state index is 13.6. The second kappa shape index (κ2) is 6.92. The standard InChI is InChI=1S/C18H16FN3O2/c1-18(2,17(24)22-15-6-4-3-5-14(15)19)16(23)21-13-9-7-12(11-20)8-10-13/h3-10H,1-2H3,(H,21,23)(H,22,24). The maximum Gasteiger partial charge on any atom is 0.239 e. The van der Waals surface area contributed by atoms with E-state index < -0.39 is 23.0 Å². The van der Waals surface area contributed by atoms with Crippen molar-refractivity contribution < 1.29 is 14.0 Å². The summed E-state index contributed by atoms with van der Waals surface area (Å²) in [6.07, 6.45) is 0. The number of hydrogen-bond donors (Lipinski definition) is 2. The first kappa shape index (κ1) is 17.2. The zero-order valence-electron chi connectivity index (χ0n) is 13.3. The molecule has 0 bridgehead atoms. The van der Waals surface area contributed by atoms with E-state index in [1.807, 2.05) is 6.07 Å². The van der Waals surface area contributed by atoms with Crippen molar-refractivity contribution in [1.82, 2.24) is 0 Å². The normalized spacial score (nSPS) is 10.6. The summed E-state index contributed by atoms with van der Waals surface area (Å²) in [5.74, 6) is -1.74. The lowest BCUT2D eigenvalue weighted by molar-refractivity contribution is -0.135. The van der Waals surface area contributed by atoms with Crippen LogP contribution in [0.25, 0.3) is 0 Å². The number of para-hydroxylation sites is 1. The fraction of sp³-hybridized carbons (Fsp3) is 0.167. The number of nitriles is 1. The highest BCUT2D eigenvalue weighted by Crippen LogP contribution is 2.23. The topological polar surface area (TPSA) is 82.0 Å². The molecule has 2 aromatic carbocycles. The highest BCUT2D eigenvalue weighted by molar-refractivity contribution is 6.14. The van der Waals surface area contributed by atoms with Crippen LogP contribution in [0.4, 0.5) is 15.8 Å². The van der Waals surface area contributed by atoms with Gasteiger partial charge >= 0.3 is 0 Å². The molecule has 0 saturated heterocycles. The summed E-state index contributed by atoms with van der Waals surface area (Å²) in [5.41, 5.74) is -0.479. The van der Waals surface area contributed by atoms with E-state index in [1.54, 1.807) is 30.3 Å². The van der Waals surface area contributed by atoms with E-state index in [0.29, 0.717) is 11.3 Å². The Kier molecular flexibility index (Phi) is 4.95. The van der Waals surface area contributed by atoms with Crippen molar-refractivity contribution in [3.05, 3.63) is 59.9 Å². The van der Waals surface area contributed by atoms with E-state index >= 15 is 0 Å². The molecule has 0 fully saturated rings. The summed E-state index contributed by atoms with van der Waals surface area (Å²) in [6.45, 7) is 2.89. The van der Waals surface area contributed by atoms with Gasteiger partial charge in [-0.25, -0.2) is 4.39 Å². The molecule has 0 unspecified atom stereocenters. The Balaban J connectivity index is 2.10. The van der Waals surface area contributed by atoms with Crippen LogP contribution in [0.2, 0.25) is 0 Å².